The molecule has 0 aliphatic carbocycles. The van der Waals surface area contributed by atoms with Crippen molar-refractivity contribution in [2.24, 2.45) is 0 Å². The molecule has 0 aliphatic heterocycles. The molecular formula is C13H9BrF3NO2. The fourth-order valence-corrected chi connectivity index (χ4v) is 1.96. The number of benzene rings is 2. The van der Waals surface area contributed by atoms with Gasteiger partial charge in [0.15, 0.2) is 5.75 Å². The predicted molar refractivity (Wildman–Crippen MR) is 71.7 cm³/mol. The number of nitrogens with two attached hydrogens (primary N) is 1. The third-order valence-electron chi connectivity index (χ3n) is 2.52. The van der Waals surface area contributed by atoms with E-state index in [4.69, 9.17) is 10.5 Å². The van der Waals surface area contributed by atoms with Crippen molar-refractivity contribution < 1.29 is 23.0 Å². The molecule has 2 aromatic rings. The molecule has 0 fully saturated rings. The van der Waals surface area contributed by atoms with Gasteiger partial charge in [0.1, 0.15) is 17.2 Å². The first-order chi connectivity index (χ1) is 9.29. The molecule has 0 saturated heterocycles. The average Bonchev–Trinajstić information content (AvgIpc) is 2.36. The van der Waals surface area contributed by atoms with E-state index in [1.807, 2.05) is 0 Å². The minimum Gasteiger partial charge on any atom is -0.506 e. The topological polar surface area (TPSA) is 55.5 Å². The van der Waals surface area contributed by atoms with Crippen LogP contribution in [0.15, 0.2) is 40.9 Å². The monoisotopic (exact) mass is 347 g/mol. The summed E-state index contributed by atoms with van der Waals surface area (Å²) in [6.07, 6.45) is -4.43. The highest BCUT2D eigenvalue weighted by atomic mass is 79.9. The van der Waals surface area contributed by atoms with Gasteiger partial charge >= 0.3 is 6.18 Å². The summed E-state index contributed by atoms with van der Waals surface area (Å²) in [5.41, 5.74) is 4.83. The number of halogens is 4. The molecule has 106 valence electrons. The smallest absolute Gasteiger partial charge is 0.416 e. The summed E-state index contributed by atoms with van der Waals surface area (Å²) in [5.74, 6) is 0.159. The van der Waals surface area contributed by atoms with Crippen molar-refractivity contribution in [2.75, 3.05) is 5.73 Å². The summed E-state index contributed by atoms with van der Waals surface area (Å²) >= 11 is 3.01. The zero-order valence-corrected chi connectivity index (χ0v) is 11.5. The molecule has 2 rings (SSSR count). The van der Waals surface area contributed by atoms with Crippen LogP contribution >= 0.6 is 15.9 Å². The quantitative estimate of drug-likeness (QED) is 0.619. The van der Waals surface area contributed by atoms with Crippen LogP contribution in [0.2, 0.25) is 0 Å². The van der Waals surface area contributed by atoms with E-state index < -0.39 is 11.7 Å². The highest BCUT2D eigenvalue weighted by Crippen LogP contribution is 2.39. The molecule has 20 heavy (non-hydrogen) atoms. The third-order valence-corrected chi connectivity index (χ3v) is 3.14. The molecule has 0 atom stereocenters. The highest BCUT2D eigenvalue weighted by molar-refractivity contribution is 9.10. The number of rotatable bonds is 2. The van der Waals surface area contributed by atoms with E-state index in [2.05, 4.69) is 15.9 Å². The molecule has 0 spiro atoms. The molecule has 3 N–H and O–H groups in total. The van der Waals surface area contributed by atoms with Gasteiger partial charge in [-0.05, 0) is 46.3 Å². The number of hydrogen-bond acceptors (Lipinski definition) is 3. The van der Waals surface area contributed by atoms with E-state index in [0.717, 1.165) is 12.1 Å². The number of hydrogen-bond donors (Lipinski definition) is 2. The number of para-hydroxylation sites is 1. The second-order valence-electron chi connectivity index (χ2n) is 3.93. The zero-order chi connectivity index (χ0) is 14.9. The number of alkyl halides is 3. The van der Waals surface area contributed by atoms with E-state index in [9.17, 15) is 18.3 Å². The number of aromatic hydroxyl groups is 1. The first kappa shape index (κ1) is 14.5. The fourth-order valence-electron chi connectivity index (χ4n) is 1.50. The lowest BCUT2D eigenvalue weighted by atomic mass is 10.2. The largest absolute Gasteiger partial charge is 0.506 e. The second kappa shape index (κ2) is 5.24. The Kier molecular flexibility index (Phi) is 3.80. The molecule has 3 nitrogen and oxygen atoms in total. The van der Waals surface area contributed by atoms with Gasteiger partial charge in [0.2, 0.25) is 0 Å². The van der Waals surface area contributed by atoms with Gasteiger partial charge in [0.05, 0.1) is 10.0 Å². The van der Waals surface area contributed by atoms with Crippen LogP contribution < -0.4 is 10.5 Å². The Bertz CT molecular complexity index is 644. The summed E-state index contributed by atoms with van der Waals surface area (Å²) < 4.78 is 43.1. The van der Waals surface area contributed by atoms with Crippen molar-refractivity contribution in [2.45, 2.75) is 6.18 Å². The minimum atomic E-state index is -4.43. The van der Waals surface area contributed by atoms with Crippen molar-refractivity contribution in [3.63, 3.8) is 0 Å². The maximum atomic E-state index is 12.5. The van der Waals surface area contributed by atoms with E-state index in [0.29, 0.717) is 0 Å². The fraction of sp³-hybridized carbons (Fsp3) is 0.0769. The van der Waals surface area contributed by atoms with Crippen molar-refractivity contribution in [1.29, 1.82) is 0 Å². The number of phenolic OH excluding ortho intramolecular Hbond substituents is 1. The summed E-state index contributed by atoms with van der Waals surface area (Å²) in [6, 6.07) is 7.38. The van der Waals surface area contributed by atoms with Crippen LogP contribution in [0.5, 0.6) is 17.2 Å². The Balaban J connectivity index is 2.33. The Morgan fingerprint density at radius 1 is 1.10 bits per heavy atom. The van der Waals surface area contributed by atoms with Gasteiger partial charge in [-0.3, -0.25) is 0 Å². The Morgan fingerprint density at radius 2 is 1.80 bits per heavy atom. The van der Waals surface area contributed by atoms with Gasteiger partial charge in [-0.2, -0.15) is 13.2 Å². The molecule has 0 amide bonds. The summed E-state index contributed by atoms with van der Waals surface area (Å²) in [7, 11) is 0. The lowest BCUT2D eigenvalue weighted by Crippen LogP contribution is -2.04. The van der Waals surface area contributed by atoms with Crippen molar-refractivity contribution in [1.82, 2.24) is 0 Å². The molecule has 0 aliphatic rings. The number of nitrogen functional groups attached to an aromatic ring is 1. The van der Waals surface area contributed by atoms with Crippen molar-refractivity contribution in [3.8, 4) is 17.2 Å². The zero-order valence-electron chi connectivity index (χ0n) is 9.91. The molecular weight excluding hydrogens is 339 g/mol. The van der Waals surface area contributed by atoms with Crippen LogP contribution in [0.1, 0.15) is 5.56 Å². The molecule has 2 aromatic carbocycles. The van der Waals surface area contributed by atoms with Crippen LogP contribution in [0, 0.1) is 0 Å². The SMILES string of the molecule is Nc1c(O)cccc1Oc1ccc(C(F)(F)F)cc1Br. The lowest BCUT2D eigenvalue weighted by Gasteiger charge is -2.13. The van der Waals surface area contributed by atoms with Crippen LogP contribution in [0.25, 0.3) is 0 Å². The van der Waals surface area contributed by atoms with Crippen LogP contribution in [-0.2, 0) is 6.18 Å². The van der Waals surface area contributed by atoms with Crippen LogP contribution in [0.4, 0.5) is 18.9 Å². The molecule has 0 aromatic heterocycles. The molecule has 7 heteroatoms. The van der Waals surface area contributed by atoms with Crippen LogP contribution in [0.3, 0.4) is 0 Å². The first-order valence-corrected chi connectivity index (χ1v) is 6.20. The normalized spacial score (nSPS) is 11.4. The lowest BCUT2D eigenvalue weighted by molar-refractivity contribution is -0.137. The average molecular weight is 348 g/mol. The second-order valence-corrected chi connectivity index (χ2v) is 4.79. The molecule has 0 heterocycles. The summed E-state index contributed by atoms with van der Waals surface area (Å²) in [5, 5.41) is 9.43. The standard InChI is InChI=1S/C13H9BrF3NO2/c14-8-6-7(13(15,16)17)4-5-10(8)20-11-3-1-2-9(19)12(11)18/h1-6,19H,18H2. The van der Waals surface area contributed by atoms with Crippen molar-refractivity contribution >= 4 is 21.6 Å². The van der Waals surface area contributed by atoms with Gasteiger partial charge in [-0.1, -0.05) is 6.07 Å². The van der Waals surface area contributed by atoms with E-state index in [1.165, 1.54) is 24.3 Å². The maximum absolute atomic E-state index is 12.5. The molecule has 0 unspecified atom stereocenters. The number of anilines is 1. The third kappa shape index (κ3) is 2.98. The molecule has 0 radical (unpaired) electrons. The minimum absolute atomic E-state index is 0.0132. The van der Waals surface area contributed by atoms with Gasteiger partial charge in [0, 0.05) is 0 Å². The number of phenols is 1. The predicted octanol–water partition coefficient (Wildman–Crippen LogP) is 4.55. The first-order valence-electron chi connectivity index (χ1n) is 5.41. The van der Waals surface area contributed by atoms with E-state index >= 15 is 0 Å². The van der Waals surface area contributed by atoms with E-state index in [-0.39, 0.29) is 27.4 Å². The summed E-state index contributed by atoms with van der Waals surface area (Å²) in [4.78, 5) is 0. The number of ether oxygens (including phenoxy) is 1. The van der Waals surface area contributed by atoms with Gasteiger partial charge in [0.25, 0.3) is 0 Å². The molecule has 0 saturated carbocycles. The highest BCUT2D eigenvalue weighted by Gasteiger charge is 2.31. The Morgan fingerprint density at radius 3 is 2.40 bits per heavy atom. The van der Waals surface area contributed by atoms with Gasteiger partial charge in [-0.15, -0.1) is 0 Å². The van der Waals surface area contributed by atoms with Crippen molar-refractivity contribution in [3.05, 3.63) is 46.4 Å². The molecule has 0 bridgehead atoms. The summed E-state index contributed by atoms with van der Waals surface area (Å²) in [6.45, 7) is 0. The van der Waals surface area contributed by atoms with E-state index in [1.54, 1.807) is 0 Å². The Labute approximate surface area is 120 Å². The van der Waals surface area contributed by atoms with Gasteiger partial charge < -0.3 is 15.6 Å². The Hall–Kier alpha value is -1.89. The maximum Gasteiger partial charge on any atom is 0.416 e. The van der Waals surface area contributed by atoms with Gasteiger partial charge in [-0.25, -0.2) is 0 Å². The van der Waals surface area contributed by atoms with Crippen LogP contribution in [-0.4, -0.2) is 5.11 Å².